The first-order chi connectivity index (χ1) is 73.2. The van der Waals surface area contributed by atoms with Crippen LogP contribution in [0.4, 0.5) is 60.5 Å². The van der Waals surface area contributed by atoms with Gasteiger partial charge in [-0.3, -0.25) is 15.0 Å². The molecule has 14 N–H and O–H groups in total. The van der Waals surface area contributed by atoms with Crippen LogP contribution >= 0.6 is 69.6 Å². The van der Waals surface area contributed by atoms with Gasteiger partial charge >= 0.3 is 0 Å². The molecule has 0 spiro atoms. The molecule has 15 aromatic heterocycles. The third-order valence-corrected chi connectivity index (χ3v) is 26.8. The van der Waals surface area contributed by atoms with Crippen LogP contribution in [-0.2, 0) is 19.6 Å². The zero-order valence-corrected chi connectivity index (χ0v) is 84.7. The van der Waals surface area contributed by atoms with Gasteiger partial charge < -0.3 is 72.4 Å². The van der Waals surface area contributed by atoms with Gasteiger partial charge in [-0.1, -0.05) is 137 Å². The van der Waals surface area contributed by atoms with Gasteiger partial charge in [0.1, 0.15) is 98.9 Å². The van der Waals surface area contributed by atoms with Crippen molar-refractivity contribution in [2.75, 3.05) is 77.7 Å². The summed E-state index contributed by atoms with van der Waals surface area (Å²) in [5, 5.41) is 27.8. The Morgan fingerprint density at radius 1 is 0.267 bits per heavy atom. The number of H-pyrrole nitrogens is 6. The Morgan fingerprint density at radius 3 is 0.907 bits per heavy atom. The van der Waals surface area contributed by atoms with Crippen LogP contribution in [0.15, 0.2) is 257 Å². The molecule has 29 nitrogen and oxygen atoms in total. The fourth-order valence-corrected chi connectivity index (χ4v) is 18.7. The lowest BCUT2D eigenvalue weighted by atomic mass is 9.89. The molecule has 3 fully saturated rings. The number of fused-ring (bicyclic) bond motifs is 6. The fourth-order valence-electron chi connectivity index (χ4n) is 17.9. The highest BCUT2D eigenvalue weighted by molar-refractivity contribution is 6.31. The number of pyridine rings is 3. The van der Waals surface area contributed by atoms with Crippen molar-refractivity contribution in [3.63, 3.8) is 0 Å². The zero-order chi connectivity index (χ0) is 103. The van der Waals surface area contributed by atoms with Crippen molar-refractivity contribution in [1.29, 1.82) is 0 Å². The molecule has 6 aromatic carbocycles. The Bertz CT molecular complexity index is 7460. The lowest BCUT2D eigenvalue weighted by Gasteiger charge is -2.23. The summed E-state index contributed by atoms with van der Waals surface area (Å²) in [6.45, 7) is 7.88. The molecule has 0 bridgehead atoms. The van der Waals surface area contributed by atoms with E-state index in [4.69, 9.17) is 69.6 Å². The minimum Gasteiger partial charge on any atom is -0.382 e. The molecule has 1 unspecified atom stereocenters. The van der Waals surface area contributed by atoms with E-state index in [9.17, 15) is 26.3 Å². The van der Waals surface area contributed by atoms with Crippen molar-refractivity contribution >= 4 is 171 Å². The maximum atomic E-state index is 14.2. The first-order valence-corrected chi connectivity index (χ1v) is 50.8. The molecule has 1 aliphatic carbocycles. The van der Waals surface area contributed by atoms with Crippen molar-refractivity contribution < 1.29 is 26.3 Å². The lowest BCUT2D eigenvalue weighted by Crippen LogP contribution is -2.33. The van der Waals surface area contributed by atoms with Crippen LogP contribution < -0.4 is 42.5 Å². The molecule has 1 atom stereocenters. The molecule has 0 radical (unpaired) electrons. The minimum atomic E-state index is -0.330. The molecule has 3 aliphatic rings. The van der Waals surface area contributed by atoms with Crippen LogP contribution in [0.2, 0.25) is 30.9 Å². The second-order valence-corrected chi connectivity index (χ2v) is 38.2. The normalized spacial score (nSPS) is 13.6. The van der Waals surface area contributed by atoms with Crippen molar-refractivity contribution in [3.05, 3.63) is 340 Å². The predicted molar refractivity (Wildman–Crippen MR) is 584 cm³/mol. The highest BCUT2D eigenvalue weighted by Crippen LogP contribution is 2.40. The van der Waals surface area contributed by atoms with E-state index >= 15 is 0 Å². The van der Waals surface area contributed by atoms with Crippen LogP contribution in [0.1, 0.15) is 74.6 Å². The number of benzene rings is 6. The number of aromatic amines is 6. The number of aromatic nitrogens is 21. The molecule has 24 rings (SSSR count). The average molecular weight is 2140 g/mol. The number of nitrogens with one attached hydrogen (secondary N) is 14. The average Bonchev–Trinajstić information content (AvgIpc) is 1.67. The number of piperidine rings is 2. The van der Waals surface area contributed by atoms with Gasteiger partial charge in [-0.05, 0) is 230 Å². The lowest BCUT2D eigenvalue weighted by molar-refractivity contribution is 0.373. The smallest absolute Gasteiger partial charge is 0.156 e. The molecule has 0 amide bonds. The van der Waals surface area contributed by atoms with Gasteiger partial charge in [0.25, 0.3) is 0 Å². The quantitative estimate of drug-likeness (QED) is 0.0250. The third kappa shape index (κ3) is 26.1. The SMILES string of the molecule is Fc1ccc(-c2c[nH]c3ncc(Cl)nc23)cc1NCC1CCCCC1.Fc1ccc(-c2c[nH]c3ncc(Cl)nc23)cc1NCC1CCCNC1.Fc1ccc(-c2c[nH]c3ncc(Cl)nc23)cc1NCC1CCNCC1.Fc1ccc(-c2c[nH]c3ncc(Cl)nc23)cc1NCc1ccccn1.Fc1ccc(-c2c[nH]c3ncc(Cl)nc23)cc1NCc1cccnc1.Fc1ccc(-c2c[nH]c3ncc(Cl)nc23)cc1NCc1ccncc1. The summed E-state index contributed by atoms with van der Waals surface area (Å²) in [5.41, 5.74) is 23.6. The van der Waals surface area contributed by atoms with E-state index in [1.54, 1.807) is 104 Å². The summed E-state index contributed by atoms with van der Waals surface area (Å²) in [6, 6.07) is 43.0. The van der Waals surface area contributed by atoms with Crippen LogP contribution in [0, 0.1) is 52.7 Å². The molecule has 2 saturated heterocycles. The number of halogens is 12. The third-order valence-electron chi connectivity index (χ3n) is 25.7. The highest BCUT2D eigenvalue weighted by Gasteiger charge is 2.24. The second-order valence-electron chi connectivity index (χ2n) is 35.9. The number of hydrogen-bond acceptors (Lipinski definition) is 23. The Labute approximate surface area is 885 Å². The summed E-state index contributed by atoms with van der Waals surface area (Å²) in [4.78, 5) is 81.8. The summed E-state index contributed by atoms with van der Waals surface area (Å²) in [6.07, 6.45) is 39.3. The van der Waals surface area contributed by atoms with E-state index in [0.717, 1.165) is 149 Å². The van der Waals surface area contributed by atoms with Crippen molar-refractivity contribution in [3.8, 4) is 66.8 Å². The van der Waals surface area contributed by atoms with Crippen LogP contribution in [0.25, 0.3) is 134 Å². The number of nitrogens with zero attached hydrogens (tertiary/aromatic N) is 15. The van der Waals surface area contributed by atoms with Crippen molar-refractivity contribution in [1.82, 2.24) is 115 Å². The monoisotopic (exact) mass is 2140 g/mol. The Hall–Kier alpha value is -15.5. The zero-order valence-electron chi connectivity index (χ0n) is 80.2. The molecular formula is C109H97Cl6F6N29. The molecular weight excluding hydrogens is 2040 g/mol. The van der Waals surface area contributed by atoms with E-state index in [0.29, 0.717) is 169 Å². The highest BCUT2D eigenvalue weighted by atomic mass is 35.5. The molecule has 762 valence electrons. The summed E-state index contributed by atoms with van der Waals surface area (Å²) < 4.78 is 85.1. The van der Waals surface area contributed by atoms with Crippen LogP contribution in [-0.4, -0.2) is 150 Å². The van der Waals surface area contributed by atoms with E-state index in [1.165, 1.54) is 112 Å². The summed E-state index contributed by atoms with van der Waals surface area (Å²) in [5.74, 6) is 0.0230. The van der Waals surface area contributed by atoms with E-state index in [1.807, 2.05) is 79.3 Å². The van der Waals surface area contributed by atoms with E-state index < -0.39 is 0 Å². The van der Waals surface area contributed by atoms with Gasteiger partial charge in [-0.25, -0.2) is 86.2 Å². The summed E-state index contributed by atoms with van der Waals surface area (Å²) in [7, 11) is 0. The molecule has 1 saturated carbocycles. The Kier molecular flexibility index (Phi) is 33.8. The topological polar surface area (TPSA) is 384 Å². The van der Waals surface area contributed by atoms with E-state index in [-0.39, 0.29) is 34.9 Å². The molecule has 2 aliphatic heterocycles. The maximum absolute atomic E-state index is 14.2. The maximum Gasteiger partial charge on any atom is 0.156 e. The molecule has 17 heterocycles. The Morgan fingerprint density at radius 2 is 0.587 bits per heavy atom. The predicted octanol–water partition coefficient (Wildman–Crippen LogP) is 26.3. The fraction of sp³-hybridized carbons (Fsp3) is 0.202. The molecule has 150 heavy (non-hydrogen) atoms. The second kappa shape index (κ2) is 49.1. The number of hydrogen-bond donors (Lipinski definition) is 14. The van der Waals surface area contributed by atoms with Crippen molar-refractivity contribution in [2.45, 2.75) is 77.4 Å². The van der Waals surface area contributed by atoms with Gasteiger partial charge in [-0.15, -0.1) is 0 Å². The number of rotatable bonds is 24. The molecule has 21 aromatic rings. The van der Waals surface area contributed by atoms with Gasteiger partial charge in [-0.2, -0.15) is 0 Å². The van der Waals surface area contributed by atoms with Crippen LogP contribution in [0.5, 0.6) is 0 Å². The largest absolute Gasteiger partial charge is 0.382 e. The van der Waals surface area contributed by atoms with Gasteiger partial charge in [0, 0.05) is 134 Å². The van der Waals surface area contributed by atoms with Gasteiger partial charge in [0.05, 0.1) is 83.5 Å². The molecule has 41 heteroatoms. The Balaban J connectivity index is 0.000000113. The first kappa shape index (κ1) is 103. The van der Waals surface area contributed by atoms with Crippen molar-refractivity contribution in [2.24, 2.45) is 17.8 Å². The standard InChI is InChI=1S/C19H20ClFN4.C18H19ClFN5.C18H13ClFN5.C18H19ClFN5.2C18H13ClFN5/c20-17-11-24-19-18(25-17)14(10-23-19)13-6-7-15(21)16(8-13)22-9-12-4-2-1-3-5-12;2*19-16-10-24-18-17(25-16)13(9-23-18)12-1-2-14(20)15(7-12)22-8-11-3-5-21-6-4-11;2*19-16-10-24-18-17(25-16)13(9-23-18)12-3-4-14(20)15(6-12)22-8-11-2-1-5-21-7-11;19-16-10-24-18-17(25-16)13(9-23-18)11-4-5-14(20)15(7-11)22-8-12-3-1-2-6-21-12/h6-8,10-12,22H,1-5,9H2,(H,23,24);1-2,7,9-11,21-22H,3-6,8H2,(H,23,24);1-7,9-10,22H,8H2,(H,23,24);3-4,6,9-11,21-22H,1-2,5,7-8H2,(H,23,24);2*1-7,9-10,22H,8H2,(H,23,24). The number of anilines is 6. The van der Waals surface area contributed by atoms with E-state index in [2.05, 4.69) is 147 Å². The van der Waals surface area contributed by atoms with Crippen LogP contribution in [0.3, 0.4) is 0 Å². The first-order valence-electron chi connectivity index (χ1n) is 48.5. The summed E-state index contributed by atoms with van der Waals surface area (Å²) >= 11 is 35.7. The van der Waals surface area contributed by atoms with Gasteiger partial charge in [0.2, 0.25) is 0 Å². The minimum absolute atomic E-state index is 0.233. The van der Waals surface area contributed by atoms with Gasteiger partial charge in [0.15, 0.2) is 33.9 Å².